The van der Waals surface area contributed by atoms with Crippen molar-refractivity contribution < 1.29 is 74.7 Å². The Morgan fingerprint density at radius 1 is 0.724 bits per heavy atom. The van der Waals surface area contributed by atoms with Gasteiger partial charge in [-0.2, -0.15) is 0 Å². The van der Waals surface area contributed by atoms with Gasteiger partial charge in [-0.15, -0.1) is 22.7 Å². The lowest BCUT2D eigenvalue weighted by Gasteiger charge is -2.31. The fourth-order valence-electron chi connectivity index (χ4n) is 8.73. The highest BCUT2D eigenvalue weighted by Crippen LogP contribution is 2.41. The molecular weight excluding hydrogens is 1140 g/mol. The van der Waals surface area contributed by atoms with E-state index in [1.165, 1.54) is 62.8 Å². The molecule has 0 amide bonds. The lowest BCUT2D eigenvalue weighted by molar-refractivity contribution is -0.143. The summed E-state index contributed by atoms with van der Waals surface area (Å²) in [5, 5.41) is 28.3. The van der Waals surface area contributed by atoms with E-state index in [0.29, 0.717) is 31.5 Å². The van der Waals surface area contributed by atoms with Crippen LogP contribution in [0.1, 0.15) is 59.9 Å². The van der Waals surface area contributed by atoms with Gasteiger partial charge in [0, 0.05) is 87.6 Å². The fraction of sp³-hybridized carbons (Fsp3) is 0.417. The van der Waals surface area contributed by atoms with Crippen LogP contribution in [0.2, 0.25) is 5.02 Å². The number of carbonyl (C=O) groups is 4. The third-order valence-electron chi connectivity index (χ3n) is 11.8. The predicted octanol–water partition coefficient (Wildman–Crippen LogP) is 7.42. The van der Waals surface area contributed by atoms with E-state index in [0.717, 1.165) is 6.07 Å². The summed E-state index contributed by atoms with van der Waals surface area (Å²) in [5.41, 5.74) is 1.40. The highest BCUT2D eigenvalue weighted by molar-refractivity contribution is 9.10. The minimum atomic E-state index is -3.05. The SMILES string of the molecule is CCOC(=O)C1=C(CN2CC(F)(F)CC2COCC(=O)O)NC(c2nccs2)=NC1c1ccc(F)cc1Br.CCOC(=O)C1=C(CN2CC(F)(F)CC2COCC(=O)O)NC(c2nccs2)=NC1c1ccc(F)cc1Cl. The van der Waals surface area contributed by atoms with E-state index in [4.69, 9.17) is 45.8 Å². The Hall–Kier alpha value is -5.81. The number of aliphatic carboxylic acids is 2. The number of rotatable bonds is 20. The summed E-state index contributed by atoms with van der Waals surface area (Å²) in [6.07, 6.45) is 2.06. The molecule has 2 fully saturated rings. The number of carboxylic acid groups (broad SMARTS) is 2. The molecular formula is C48H48BrClF6N8O10S2. The number of alkyl halides is 4. The van der Waals surface area contributed by atoms with Crippen LogP contribution in [-0.2, 0) is 38.1 Å². The van der Waals surface area contributed by atoms with E-state index in [1.807, 2.05) is 0 Å². The van der Waals surface area contributed by atoms with Crippen molar-refractivity contribution in [2.24, 2.45) is 9.98 Å². The maximum absolute atomic E-state index is 14.5. The zero-order valence-corrected chi connectivity index (χ0v) is 44.2. The van der Waals surface area contributed by atoms with Gasteiger partial charge in [-0.05, 0) is 43.7 Å². The van der Waals surface area contributed by atoms with Gasteiger partial charge in [0.05, 0.1) is 50.7 Å². The van der Waals surface area contributed by atoms with Crippen molar-refractivity contribution in [3.8, 4) is 0 Å². The number of nitrogens with one attached hydrogen (secondary N) is 2. The van der Waals surface area contributed by atoms with E-state index in [-0.39, 0.29) is 72.9 Å². The van der Waals surface area contributed by atoms with Gasteiger partial charge >= 0.3 is 23.9 Å². The standard InChI is InChI=1S/C24H24BrF3N4O5S.C24H24ClF3N4O5S/c2*1-2-37-23(35)19-17(9-32-12-24(27,28)8-14(32)10-36-11-18(33)34)30-21(22-29-5-6-38-22)31-20(19)15-4-3-13(26)7-16(15)25/h2*3-7,14,20H,2,8-12H2,1H3,(H,30,31)(H,33,34). The first kappa shape index (κ1) is 57.9. The number of carboxylic acids is 2. The van der Waals surface area contributed by atoms with Crippen LogP contribution in [0.3, 0.4) is 0 Å². The molecule has 0 aliphatic carbocycles. The highest BCUT2D eigenvalue weighted by atomic mass is 79.9. The van der Waals surface area contributed by atoms with E-state index >= 15 is 0 Å². The maximum Gasteiger partial charge on any atom is 0.338 e. The third kappa shape index (κ3) is 14.8. The average molecular weight is 1190 g/mol. The van der Waals surface area contributed by atoms with Crippen molar-refractivity contribution in [1.82, 2.24) is 30.4 Å². The van der Waals surface area contributed by atoms with Crippen molar-refractivity contribution >= 4 is 85.8 Å². The topological polar surface area (TPSA) is 227 Å². The first-order valence-corrected chi connectivity index (χ1v) is 26.1. The number of ether oxygens (including phenoxy) is 4. The van der Waals surface area contributed by atoms with Crippen LogP contribution >= 0.6 is 50.2 Å². The Kier molecular flexibility index (Phi) is 19.5. The molecule has 28 heteroatoms. The summed E-state index contributed by atoms with van der Waals surface area (Å²) in [5.74, 6) is -10.5. The first-order valence-electron chi connectivity index (χ1n) is 23.2. The molecule has 4 atom stereocenters. The summed E-state index contributed by atoms with van der Waals surface area (Å²) in [6.45, 7) is 0.0749. The van der Waals surface area contributed by atoms with Crippen LogP contribution in [0, 0.1) is 11.6 Å². The molecule has 76 heavy (non-hydrogen) atoms. The average Bonchev–Trinajstić information content (AvgIpc) is 4.18. The van der Waals surface area contributed by atoms with Gasteiger partial charge < -0.3 is 39.8 Å². The molecule has 0 bridgehead atoms. The molecule has 4 aromatic rings. The number of esters is 2. The largest absolute Gasteiger partial charge is 0.480 e. The van der Waals surface area contributed by atoms with Crippen LogP contribution in [0.4, 0.5) is 26.3 Å². The van der Waals surface area contributed by atoms with Crippen LogP contribution in [0.5, 0.6) is 0 Å². The van der Waals surface area contributed by atoms with Crippen LogP contribution in [0.15, 0.2) is 96.5 Å². The minimum absolute atomic E-state index is 0.0212. The molecule has 2 aromatic carbocycles. The van der Waals surface area contributed by atoms with Crippen molar-refractivity contribution in [2.45, 2.75) is 62.7 Å². The third-order valence-corrected chi connectivity index (χ3v) is 14.4. The summed E-state index contributed by atoms with van der Waals surface area (Å²) in [6, 6.07) is 4.03. The smallest absolute Gasteiger partial charge is 0.338 e. The normalized spacial score (nSPS) is 21.2. The molecule has 0 radical (unpaired) electrons. The Balaban J connectivity index is 0.000000221. The van der Waals surface area contributed by atoms with Crippen LogP contribution < -0.4 is 10.6 Å². The molecule has 4 N–H and O–H groups in total. The Morgan fingerprint density at radius 3 is 1.55 bits per heavy atom. The number of likely N-dealkylation sites (tertiary alicyclic amines) is 2. The minimum Gasteiger partial charge on any atom is -0.480 e. The Bertz CT molecular complexity index is 2710. The molecule has 6 heterocycles. The molecule has 0 spiro atoms. The number of thiazole rings is 2. The predicted molar refractivity (Wildman–Crippen MR) is 269 cm³/mol. The Labute approximate surface area is 451 Å². The lowest BCUT2D eigenvalue weighted by Crippen LogP contribution is -2.42. The molecule has 408 valence electrons. The summed E-state index contributed by atoms with van der Waals surface area (Å²) in [4.78, 5) is 68.9. The van der Waals surface area contributed by atoms with Crippen molar-refractivity contribution in [3.63, 3.8) is 0 Å². The molecule has 4 aliphatic rings. The molecule has 0 saturated carbocycles. The number of amidine groups is 2. The number of aromatic nitrogens is 2. The number of hydrogen-bond acceptors (Lipinski definition) is 18. The first-order chi connectivity index (χ1) is 36.1. The second-order valence-electron chi connectivity index (χ2n) is 17.3. The second-order valence-corrected chi connectivity index (χ2v) is 20.3. The van der Waals surface area contributed by atoms with Crippen LogP contribution in [0.25, 0.3) is 0 Å². The van der Waals surface area contributed by atoms with E-state index in [9.17, 15) is 45.5 Å². The lowest BCUT2D eigenvalue weighted by atomic mass is 9.95. The summed E-state index contributed by atoms with van der Waals surface area (Å²) in [7, 11) is 0. The Morgan fingerprint density at radius 2 is 1.16 bits per heavy atom. The van der Waals surface area contributed by atoms with E-state index < -0.39 is 111 Å². The number of nitrogens with zero attached hydrogens (tertiary/aromatic N) is 6. The number of hydrogen-bond donors (Lipinski definition) is 4. The van der Waals surface area contributed by atoms with Gasteiger partial charge in [0.15, 0.2) is 21.7 Å². The highest BCUT2D eigenvalue weighted by Gasteiger charge is 2.48. The summed E-state index contributed by atoms with van der Waals surface area (Å²) < 4.78 is 107. The monoisotopic (exact) mass is 1190 g/mol. The molecule has 4 aliphatic heterocycles. The second kappa shape index (κ2) is 25.6. The zero-order chi connectivity index (χ0) is 54.9. The fourth-order valence-corrected chi connectivity index (χ4v) is 10.7. The molecule has 4 unspecified atom stereocenters. The number of benzene rings is 2. The van der Waals surface area contributed by atoms with Crippen molar-refractivity contribution in [1.29, 1.82) is 0 Å². The van der Waals surface area contributed by atoms with E-state index in [2.05, 4.69) is 41.5 Å². The molecule has 18 nitrogen and oxygen atoms in total. The van der Waals surface area contributed by atoms with Gasteiger partial charge in [-0.1, -0.05) is 39.7 Å². The van der Waals surface area contributed by atoms with Crippen molar-refractivity contribution in [3.05, 3.63) is 124 Å². The zero-order valence-electron chi connectivity index (χ0n) is 40.3. The maximum atomic E-state index is 14.5. The number of aliphatic imine (C=N–C) groups is 2. The van der Waals surface area contributed by atoms with Gasteiger partial charge in [0.25, 0.3) is 11.8 Å². The number of carbonyl (C=O) groups excluding carboxylic acids is 2. The van der Waals surface area contributed by atoms with Crippen molar-refractivity contribution in [2.75, 3.05) is 65.8 Å². The van der Waals surface area contributed by atoms with Gasteiger partial charge in [-0.25, -0.2) is 55.5 Å². The van der Waals surface area contributed by atoms with Gasteiger partial charge in [0.1, 0.15) is 36.9 Å². The molecule has 8 rings (SSSR count). The summed E-state index contributed by atoms with van der Waals surface area (Å²) >= 11 is 12.3. The van der Waals surface area contributed by atoms with Crippen LogP contribution in [-0.4, -0.2) is 155 Å². The number of halogens is 8. The van der Waals surface area contributed by atoms with Gasteiger partial charge in [0.2, 0.25) is 0 Å². The van der Waals surface area contributed by atoms with Gasteiger partial charge in [-0.3, -0.25) is 19.8 Å². The molecule has 2 aromatic heterocycles. The molecule has 2 saturated heterocycles. The quantitative estimate of drug-likeness (QED) is 0.0499. The van der Waals surface area contributed by atoms with E-state index in [1.54, 1.807) is 37.0 Å².